The van der Waals surface area contributed by atoms with Gasteiger partial charge in [-0.25, -0.2) is 0 Å². The van der Waals surface area contributed by atoms with Crippen molar-refractivity contribution in [1.29, 1.82) is 0 Å². The van der Waals surface area contributed by atoms with Gasteiger partial charge in [0.2, 0.25) is 5.91 Å². The highest BCUT2D eigenvalue weighted by molar-refractivity contribution is 9.10. The highest BCUT2D eigenvalue weighted by Crippen LogP contribution is 2.18. The number of carbonyl (C=O) groups excluding carboxylic acids is 2. The minimum atomic E-state index is -0.672. The van der Waals surface area contributed by atoms with Crippen molar-refractivity contribution in [3.05, 3.63) is 100 Å². The predicted octanol–water partition coefficient (Wildman–Crippen LogP) is 5.55. The average Bonchev–Trinajstić information content (AvgIpc) is 2.86. The third-order valence-electron chi connectivity index (χ3n) is 5.61. The maximum absolute atomic E-state index is 13.5. The zero-order valence-electron chi connectivity index (χ0n) is 20.5. The van der Waals surface area contributed by atoms with Crippen LogP contribution in [0.2, 0.25) is 0 Å². The van der Waals surface area contributed by atoms with Gasteiger partial charge in [0, 0.05) is 24.0 Å². The summed E-state index contributed by atoms with van der Waals surface area (Å²) < 4.78 is 6.76. The number of amides is 2. The summed E-state index contributed by atoms with van der Waals surface area (Å²) in [5.74, 6) is 0.519. The second-order valence-electron chi connectivity index (χ2n) is 9.09. The third kappa shape index (κ3) is 8.55. The van der Waals surface area contributed by atoms with Gasteiger partial charge in [-0.3, -0.25) is 9.59 Å². The Morgan fingerprint density at radius 3 is 2.20 bits per heavy atom. The van der Waals surface area contributed by atoms with Gasteiger partial charge in [-0.1, -0.05) is 89.9 Å². The van der Waals surface area contributed by atoms with Crippen LogP contribution in [0.15, 0.2) is 83.3 Å². The fourth-order valence-electron chi connectivity index (χ4n) is 3.63. The molecule has 0 aliphatic rings. The second-order valence-corrected chi connectivity index (χ2v) is 10.0. The monoisotopic (exact) mass is 536 g/mol. The Labute approximate surface area is 216 Å². The van der Waals surface area contributed by atoms with E-state index < -0.39 is 6.04 Å². The molecule has 0 aromatic heterocycles. The van der Waals surface area contributed by atoms with Gasteiger partial charge in [0.05, 0.1) is 0 Å². The molecule has 0 radical (unpaired) electrons. The number of benzene rings is 3. The maximum atomic E-state index is 13.5. The molecule has 0 fully saturated rings. The summed E-state index contributed by atoms with van der Waals surface area (Å²) >= 11 is 3.46. The van der Waals surface area contributed by atoms with Crippen molar-refractivity contribution in [1.82, 2.24) is 10.2 Å². The molecule has 3 aromatic carbocycles. The van der Waals surface area contributed by atoms with E-state index in [1.54, 1.807) is 4.90 Å². The molecule has 0 spiro atoms. The van der Waals surface area contributed by atoms with Crippen LogP contribution in [0.3, 0.4) is 0 Å². The van der Waals surface area contributed by atoms with E-state index in [0.29, 0.717) is 31.2 Å². The Hall–Kier alpha value is -3.12. The number of hydrogen-bond acceptors (Lipinski definition) is 3. The van der Waals surface area contributed by atoms with Gasteiger partial charge in [0.1, 0.15) is 11.8 Å². The number of aryl methyl sites for hydroxylation is 1. The molecule has 0 aliphatic heterocycles. The molecule has 3 aromatic rings. The van der Waals surface area contributed by atoms with Crippen molar-refractivity contribution in [3.63, 3.8) is 0 Å². The molecule has 0 bridgehead atoms. The van der Waals surface area contributed by atoms with Crippen LogP contribution in [-0.2, 0) is 22.6 Å². The van der Waals surface area contributed by atoms with Crippen molar-refractivity contribution >= 4 is 27.7 Å². The quantitative estimate of drug-likeness (QED) is 0.349. The van der Waals surface area contributed by atoms with Crippen LogP contribution in [-0.4, -0.2) is 35.9 Å². The van der Waals surface area contributed by atoms with E-state index in [1.165, 1.54) is 0 Å². The topological polar surface area (TPSA) is 58.6 Å². The second kappa shape index (κ2) is 13.1. The highest BCUT2D eigenvalue weighted by atomic mass is 79.9. The van der Waals surface area contributed by atoms with Gasteiger partial charge in [-0.2, -0.15) is 0 Å². The largest absolute Gasteiger partial charge is 0.484 e. The summed E-state index contributed by atoms with van der Waals surface area (Å²) in [5, 5.41) is 3.03. The van der Waals surface area contributed by atoms with Crippen molar-refractivity contribution in [3.8, 4) is 5.75 Å². The molecule has 35 heavy (non-hydrogen) atoms. The molecule has 6 heteroatoms. The first-order valence-electron chi connectivity index (χ1n) is 11.9. The summed E-state index contributed by atoms with van der Waals surface area (Å²) in [6, 6.07) is 24.5. The summed E-state index contributed by atoms with van der Waals surface area (Å²) in [7, 11) is 0. The van der Waals surface area contributed by atoms with Crippen molar-refractivity contribution in [2.24, 2.45) is 5.92 Å². The van der Waals surface area contributed by atoms with E-state index in [9.17, 15) is 9.59 Å². The van der Waals surface area contributed by atoms with E-state index in [0.717, 1.165) is 21.2 Å². The first-order valence-corrected chi connectivity index (χ1v) is 12.7. The van der Waals surface area contributed by atoms with Crippen molar-refractivity contribution in [2.45, 2.75) is 39.8 Å². The minimum absolute atomic E-state index is 0.150. The Kier molecular flexibility index (Phi) is 9.91. The molecule has 0 aliphatic carbocycles. The molecule has 1 N–H and O–H groups in total. The van der Waals surface area contributed by atoms with Crippen LogP contribution in [0.5, 0.6) is 5.75 Å². The number of hydrogen-bond donors (Lipinski definition) is 1. The number of nitrogens with one attached hydrogen (secondary N) is 1. The van der Waals surface area contributed by atoms with Crippen LogP contribution in [0.4, 0.5) is 0 Å². The SMILES string of the molecule is Cc1ccc(OCC(=O)N(Cc2ccc(Br)cc2)[C@@H](Cc2ccccc2)C(=O)NCC(C)C)cc1. The predicted molar refractivity (Wildman–Crippen MR) is 143 cm³/mol. The lowest BCUT2D eigenvalue weighted by molar-refractivity contribution is -0.142. The Morgan fingerprint density at radius 2 is 1.57 bits per heavy atom. The van der Waals surface area contributed by atoms with E-state index in [4.69, 9.17) is 4.74 Å². The van der Waals surface area contributed by atoms with Gasteiger partial charge in [0.25, 0.3) is 5.91 Å². The van der Waals surface area contributed by atoms with Gasteiger partial charge in [-0.15, -0.1) is 0 Å². The fraction of sp³-hybridized carbons (Fsp3) is 0.310. The fourth-order valence-corrected chi connectivity index (χ4v) is 3.89. The molecular formula is C29H33BrN2O3. The summed E-state index contributed by atoms with van der Waals surface area (Å²) in [6.07, 6.45) is 0.414. The first kappa shape index (κ1) is 26.5. The highest BCUT2D eigenvalue weighted by Gasteiger charge is 2.30. The Balaban J connectivity index is 1.88. The summed E-state index contributed by atoms with van der Waals surface area (Å²) in [6.45, 7) is 6.79. The van der Waals surface area contributed by atoms with Gasteiger partial charge in [0.15, 0.2) is 6.61 Å². The van der Waals surface area contributed by atoms with Gasteiger partial charge >= 0.3 is 0 Å². The molecule has 184 valence electrons. The number of ether oxygens (including phenoxy) is 1. The van der Waals surface area contributed by atoms with Crippen LogP contribution in [0.1, 0.15) is 30.5 Å². The van der Waals surface area contributed by atoms with E-state index in [-0.39, 0.29) is 18.4 Å². The molecule has 2 amide bonds. The number of rotatable bonds is 11. The zero-order chi connectivity index (χ0) is 25.2. The minimum Gasteiger partial charge on any atom is -0.484 e. The van der Waals surface area contributed by atoms with E-state index >= 15 is 0 Å². The van der Waals surface area contributed by atoms with E-state index in [2.05, 4.69) is 21.2 Å². The van der Waals surface area contributed by atoms with Gasteiger partial charge < -0.3 is 15.0 Å². The third-order valence-corrected chi connectivity index (χ3v) is 6.13. The Bertz CT molecular complexity index is 1080. The van der Waals surface area contributed by atoms with Crippen LogP contribution in [0, 0.1) is 12.8 Å². The molecule has 0 unspecified atom stereocenters. The normalized spacial score (nSPS) is 11.7. The van der Waals surface area contributed by atoms with Crippen LogP contribution >= 0.6 is 15.9 Å². The lowest BCUT2D eigenvalue weighted by Crippen LogP contribution is -2.52. The Morgan fingerprint density at radius 1 is 0.914 bits per heavy atom. The number of halogens is 1. The smallest absolute Gasteiger partial charge is 0.261 e. The van der Waals surface area contributed by atoms with Crippen LogP contribution < -0.4 is 10.1 Å². The molecular weight excluding hydrogens is 504 g/mol. The first-order chi connectivity index (χ1) is 16.8. The summed E-state index contributed by atoms with van der Waals surface area (Å²) in [4.78, 5) is 28.6. The van der Waals surface area contributed by atoms with E-state index in [1.807, 2.05) is 99.6 Å². The molecule has 5 nitrogen and oxygen atoms in total. The van der Waals surface area contributed by atoms with Crippen molar-refractivity contribution in [2.75, 3.05) is 13.2 Å². The lowest BCUT2D eigenvalue weighted by Gasteiger charge is -2.31. The molecule has 0 heterocycles. The summed E-state index contributed by atoms with van der Waals surface area (Å²) in [5.41, 5.74) is 3.04. The molecule has 1 atom stereocenters. The number of carbonyl (C=O) groups is 2. The lowest BCUT2D eigenvalue weighted by atomic mass is 10.0. The molecule has 3 rings (SSSR count). The maximum Gasteiger partial charge on any atom is 0.261 e. The van der Waals surface area contributed by atoms with Crippen molar-refractivity contribution < 1.29 is 14.3 Å². The van der Waals surface area contributed by atoms with Crippen LogP contribution in [0.25, 0.3) is 0 Å². The average molecular weight is 537 g/mol. The molecule has 0 saturated carbocycles. The standard InChI is InChI=1S/C29H33BrN2O3/c1-21(2)18-31-29(34)27(17-23-7-5-4-6-8-23)32(19-24-11-13-25(30)14-12-24)28(33)20-35-26-15-9-22(3)10-16-26/h4-16,21,27H,17-20H2,1-3H3,(H,31,34)/t27-/m0/s1. The zero-order valence-corrected chi connectivity index (χ0v) is 22.1. The number of nitrogens with zero attached hydrogens (tertiary/aromatic N) is 1. The molecule has 0 saturated heterocycles. The van der Waals surface area contributed by atoms with Gasteiger partial charge in [-0.05, 0) is 48.2 Å².